The van der Waals surface area contributed by atoms with Crippen molar-refractivity contribution in [1.82, 2.24) is 43.7 Å². The smallest absolute Gasteiger partial charge is 0.246 e. The van der Waals surface area contributed by atoms with Gasteiger partial charge in [0.2, 0.25) is 5.91 Å². The van der Waals surface area contributed by atoms with Gasteiger partial charge in [-0.3, -0.25) is 19.4 Å². The van der Waals surface area contributed by atoms with Crippen LogP contribution in [0.5, 0.6) is 11.5 Å². The summed E-state index contributed by atoms with van der Waals surface area (Å²) in [7, 11) is 0. The number of amides is 1. The number of aromatic nitrogens is 7. The first kappa shape index (κ1) is 36.2. The first-order chi connectivity index (χ1) is 28.5. The molecule has 11 heteroatoms. The molecule has 1 amide bonds. The van der Waals surface area contributed by atoms with E-state index in [1.807, 2.05) is 101 Å². The van der Waals surface area contributed by atoms with E-state index < -0.39 is 0 Å². The van der Waals surface area contributed by atoms with Gasteiger partial charge in [-0.25, -0.2) is 4.98 Å². The summed E-state index contributed by atoms with van der Waals surface area (Å²) < 4.78 is 12.2. The van der Waals surface area contributed by atoms with Crippen LogP contribution in [0.15, 0.2) is 153 Å². The number of carbonyl (C=O) groups excluding carboxylic acids is 1. The summed E-state index contributed by atoms with van der Waals surface area (Å²) in [6, 6.07) is 37.8. The summed E-state index contributed by atoms with van der Waals surface area (Å²) in [5, 5.41) is 4.47. The summed E-state index contributed by atoms with van der Waals surface area (Å²) in [5.41, 5.74) is 8.96. The fraction of sp³-hybridized carbons (Fsp3) is 0.170. The van der Waals surface area contributed by atoms with E-state index in [4.69, 9.17) is 16.1 Å². The minimum atomic E-state index is -0.0321. The predicted octanol–water partition coefficient (Wildman–Crippen LogP) is 8.25. The number of pyridine rings is 1. The van der Waals surface area contributed by atoms with Gasteiger partial charge in [-0.1, -0.05) is 73.7 Å². The van der Waals surface area contributed by atoms with Gasteiger partial charge in [-0.05, 0) is 66.1 Å². The summed E-state index contributed by atoms with van der Waals surface area (Å²) in [6.45, 7) is 7.41. The Morgan fingerprint density at radius 1 is 0.793 bits per heavy atom. The van der Waals surface area contributed by atoms with E-state index in [0.29, 0.717) is 25.7 Å². The zero-order valence-corrected chi connectivity index (χ0v) is 31.9. The molecule has 2 fully saturated rings. The predicted molar refractivity (Wildman–Crippen MR) is 226 cm³/mol. The standard InChI is InChI=1S/C25H21N3O.C22H20N6O/c1-2-27-14-12-21(18-27)28-15-13-24-25(28)16-20(17-26-24)19-8-10-23(11-9-19)29-22-6-4-3-5-7-22;1-2-21(29)26-14-18(15-26)28-9-8-19-22(28)25-20(11-23-19)17-10-24-27(13-17)12-16-6-4-3-5-7-16/h1,3-11,13,15-17,21H,12,14,18H2;2-11,13,18H,1,12,14-15H2. The Bertz CT molecular complexity index is 2740. The SMILES string of the molecule is C#CN1CCC(n2ccc3ncc(-c4ccc(Oc5ccccc5)cc4)cc32)C1.C=CC(=O)N1CC(n2ccc3ncc(-c4cnn(Cc5ccccc5)c4)nc32)C1. The van der Waals surface area contributed by atoms with Crippen LogP contribution in [0.25, 0.3) is 44.6 Å². The van der Waals surface area contributed by atoms with Crippen molar-refractivity contribution in [1.29, 1.82) is 0 Å². The lowest BCUT2D eigenvalue weighted by Crippen LogP contribution is -2.50. The van der Waals surface area contributed by atoms with Crippen molar-refractivity contribution < 1.29 is 9.53 Å². The maximum Gasteiger partial charge on any atom is 0.246 e. The number of fused-ring (bicyclic) bond motifs is 2. The van der Waals surface area contributed by atoms with Crippen LogP contribution in [0.3, 0.4) is 0 Å². The van der Waals surface area contributed by atoms with Crippen molar-refractivity contribution in [2.45, 2.75) is 25.0 Å². The van der Waals surface area contributed by atoms with Gasteiger partial charge >= 0.3 is 0 Å². The molecule has 58 heavy (non-hydrogen) atoms. The molecule has 0 aliphatic carbocycles. The Morgan fingerprint density at radius 3 is 2.28 bits per heavy atom. The van der Waals surface area contributed by atoms with Gasteiger partial charge < -0.3 is 23.7 Å². The Hall–Kier alpha value is -7.45. The maximum atomic E-state index is 11.7. The molecule has 8 aromatic rings. The van der Waals surface area contributed by atoms with E-state index in [1.165, 1.54) is 11.6 Å². The summed E-state index contributed by atoms with van der Waals surface area (Å²) >= 11 is 0. The normalized spacial score (nSPS) is 15.1. The molecule has 3 aromatic carbocycles. The second-order valence-electron chi connectivity index (χ2n) is 14.5. The second kappa shape index (κ2) is 16.0. The minimum absolute atomic E-state index is 0.0321. The number of rotatable bonds is 9. The van der Waals surface area contributed by atoms with Crippen LogP contribution in [-0.2, 0) is 11.3 Å². The third kappa shape index (κ3) is 7.55. The van der Waals surface area contributed by atoms with Gasteiger partial charge in [0, 0.05) is 68.1 Å². The van der Waals surface area contributed by atoms with E-state index >= 15 is 0 Å². The Morgan fingerprint density at radius 2 is 1.52 bits per heavy atom. The van der Waals surface area contributed by atoms with E-state index in [1.54, 1.807) is 11.1 Å². The Balaban J connectivity index is 0.000000150. The molecule has 5 aromatic heterocycles. The summed E-state index contributed by atoms with van der Waals surface area (Å²) in [6.07, 6.45) is 19.6. The first-order valence-corrected chi connectivity index (χ1v) is 19.3. The average Bonchev–Trinajstić information content (AvgIpc) is 4.08. The van der Waals surface area contributed by atoms with Crippen molar-refractivity contribution in [2.24, 2.45) is 0 Å². The van der Waals surface area contributed by atoms with Gasteiger partial charge in [0.1, 0.15) is 17.0 Å². The fourth-order valence-electron chi connectivity index (χ4n) is 7.58. The third-order valence-electron chi connectivity index (χ3n) is 10.8. The average molecular weight is 764 g/mol. The third-order valence-corrected chi connectivity index (χ3v) is 10.8. The Kier molecular flexibility index (Phi) is 9.96. The van der Waals surface area contributed by atoms with Crippen LogP contribution in [0.2, 0.25) is 0 Å². The molecular formula is C47H41N9O2. The largest absolute Gasteiger partial charge is 0.457 e. The van der Waals surface area contributed by atoms with Crippen molar-refractivity contribution in [3.63, 3.8) is 0 Å². The molecule has 0 saturated carbocycles. The van der Waals surface area contributed by atoms with Gasteiger partial charge in [-0.15, -0.1) is 0 Å². The molecule has 1 unspecified atom stereocenters. The number of ether oxygens (including phenoxy) is 1. The number of hydrogen-bond acceptors (Lipinski definition) is 7. The number of benzene rings is 3. The molecule has 1 atom stereocenters. The summed E-state index contributed by atoms with van der Waals surface area (Å²) in [5.74, 6) is 1.62. The summed E-state index contributed by atoms with van der Waals surface area (Å²) in [4.78, 5) is 29.6. The van der Waals surface area contributed by atoms with Crippen LogP contribution in [0.4, 0.5) is 0 Å². The minimum Gasteiger partial charge on any atom is -0.457 e. The number of hydrogen-bond donors (Lipinski definition) is 0. The maximum absolute atomic E-state index is 11.7. The fourth-order valence-corrected chi connectivity index (χ4v) is 7.58. The Labute approximate surface area is 336 Å². The number of likely N-dealkylation sites (tertiary alicyclic amines) is 2. The molecule has 286 valence electrons. The highest BCUT2D eigenvalue weighted by Gasteiger charge is 2.31. The van der Waals surface area contributed by atoms with Gasteiger partial charge in [-0.2, -0.15) is 5.10 Å². The van der Waals surface area contributed by atoms with Gasteiger partial charge in [0.25, 0.3) is 0 Å². The van der Waals surface area contributed by atoms with Crippen molar-refractivity contribution in [2.75, 3.05) is 26.2 Å². The zero-order valence-electron chi connectivity index (χ0n) is 31.9. The van der Waals surface area contributed by atoms with Crippen molar-refractivity contribution in [3.05, 3.63) is 159 Å². The topological polar surface area (TPSA) is 99.1 Å². The highest BCUT2D eigenvalue weighted by molar-refractivity contribution is 5.88. The molecule has 2 saturated heterocycles. The van der Waals surface area contributed by atoms with Crippen LogP contribution >= 0.6 is 0 Å². The van der Waals surface area contributed by atoms with Crippen LogP contribution in [0.1, 0.15) is 24.1 Å². The monoisotopic (exact) mass is 763 g/mol. The van der Waals surface area contributed by atoms with Crippen LogP contribution in [-0.4, -0.2) is 75.8 Å². The van der Waals surface area contributed by atoms with Crippen LogP contribution in [0, 0.1) is 12.5 Å². The van der Waals surface area contributed by atoms with Crippen molar-refractivity contribution >= 4 is 28.1 Å². The molecular weight excluding hydrogens is 723 g/mol. The highest BCUT2D eigenvalue weighted by atomic mass is 16.5. The van der Waals surface area contributed by atoms with E-state index in [0.717, 1.165) is 75.6 Å². The number of carbonyl (C=O) groups is 1. The molecule has 11 nitrogen and oxygen atoms in total. The van der Waals surface area contributed by atoms with E-state index in [-0.39, 0.29) is 11.9 Å². The molecule has 7 heterocycles. The zero-order chi connectivity index (χ0) is 39.4. The first-order valence-electron chi connectivity index (χ1n) is 19.3. The quantitative estimate of drug-likeness (QED) is 0.108. The van der Waals surface area contributed by atoms with E-state index in [9.17, 15) is 4.79 Å². The molecule has 2 aliphatic heterocycles. The number of para-hydroxylation sites is 1. The lowest BCUT2D eigenvalue weighted by Gasteiger charge is -2.39. The lowest BCUT2D eigenvalue weighted by atomic mass is 10.1. The molecule has 10 rings (SSSR count). The lowest BCUT2D eigenvalue weighted by molar-refractivity contribution is -0.131. The number of nitrogens with zero attached hydrogens (tertiary/aromatic N) is 9. The molecule has 0 bridgehead atoms. The molecule has 0 spiro atoms. The molecule has 0 N–H and O–H groups in total. The van der Waals surface area contributed by atoms with Gasteiger partial charge in [0.15, 0.2) is 5.65 Å². The molecule has 2 aliphatic rings. The van der Waals surface area contributed by atoms with Gasteiger partial charge in [0.05, 0.1) is 47.7 Å². The molecule has 0 radical (unpaired) electrons. The van der Waals surface area contributed by atoms with Crippen molar-refractivity contribution in [3.8, 4) is 46.4 Å². The van der Waals surface area contributed by atoms with Crippen LogP contribution < -0.4 is 4.74 Å². The number of terminal acetylenes is 1. The van der Waals surface area contributed by atoms with E-state index in [2.05, 4.69) is 79.4 Å². The highest BCUT2D eigenvalue weighted by Crippen LogP contribution is 2.31. The second-order valence-corrected chi connectivity index (χ2v) is 14.5.